The molecule has 4 nitrogen and oxygen atoms in total. The molecule has 0 atom stereocenters. The van der Waals surface area contributed by atoms with E-state index >= 15 is 0 Å². The normalized spacial score (nSPS) is 17.0. The summed E-state index contributed by atoms with van der Waals surface area (Å²) in [5.74, 6) is -0.558. The summed E-state index contributed by atoms with van der Waals surface area (Å²) in [5, 5.41) is 3.32. The van der Waals surface area contributed by atoms with Crippen LogP contribution in [-0.2, 0) is 11.3 Å². The number of carbonyl (C=O) groups excluding carboxylic acids is 1. The van der Waals surface area contributed by atoms with E-state index in [0.29, 0.717) is 24.0 Å². The molecule has 0 unspecified atom stereocenters. The Labute approximate surface area is 154 Å². The van der Waals surface area contributed by atoms with E-state index in [2.05, 4.69) is 22.3 Å². The monoisotopic (exact) mass is 355 g/mol. The van der Waals surface area contributed by atoms with Gasteiger partial charge in [-0.1, -0.05) is 30.3 Å². The first-order chi connectivity index (χ1) is 12.4. The van der Waals surface area contributed by atoms with Crippen molar-refractivity contribution in [2.75, 3.05) is 18.4 Å². The molecule has 3 N–H and O–H groups in total. The van der Waals surface area contributed by atoms with E-state index in [9.17, 15) is 9.18 Å². The van der Waals surface area contributed by atoms with Crippen molar-refractivity contribution in [3.05, 3.63) is 65.0 Å². The Kier molecular flexibility index (Phi) is 5.28. The molecule has 0 aromatic heterocycles. The maximum atomic E-state index is 13.9. The van der Waals surface area contributed by atoms with Crippen molar-refractivity contribution in [1.29, 1.82) is 0 Å². The van der Waals surface area contributed by atoms with E-state index < -0.39 is 5.54 Å². The average Bonchev–Trinajstić information content (AvgIpc) is 2.62. The van der Waals surface area contributed by atoms with Gasteiger partial charge in [-0.3, -0.25) is 9.69 Å². The molecule has 26 heavy (non-hydrogen) atoms. The fraction of sp³-hybridized carbons (Fsp3) is 0.381. The van der Waals surface area contributed by atoms with Crippen LogP contribution in [-0.4, -0.2) is 29.4 Å². The number of primary amides is 1. The summed E-state index contributed by atoms with van der Waals surface area (Å²) < 4.78 is 13.9. The van der Waals surface area contributed by atoms with Gasteiger partial charge in [0.05, 0.1) is 0 Å². The lowest BCUT2D eigenvalue weighted by Crippen LogP contribution is -2.57. The van der Waals surface area contributed by atoms with Gasteiger partial charge in [-0.2, -0.15) is 0 Å². The molecule has 0 radical (unpaired) electrons. The second-order valence-corrected chi connectivity index (χ2v) is 7.26. The van der Waals surface area contributed by atoms with Crippen molar-refractivity contribution in [3.8, 4) is 0 Å². The van der Waals surface area contributed by atoms with Crippen LogP contribution in [0.5, 0.6) is 0 Å². The summed E-state index contributed by atoms with van der Waals surface area (Å²) in [6.07, 6.45) is 1.26. The summed E-state index contributed by atoms with van der Waals surface area (Å²) in [6.45, 7) is 5.89. The summed E-state index contributed by atoms with van der Waals surface area (Å²) >= 11 is 0. The highest BCUT2D eigenvalue weighted by Crippen LogP contribution is 2.29. The maximum absolute atomic E-state index is 13.9. The van der Waals surface area contributed by atoms with Crippen LogP contribution in [0.25, 0.3) is 0 Å². The number of likely N-dealkylation sites (tertiary alicyclic amines) is 1. The first-order valence-corrected chi connectivity index (χ1v) is 9.01. The highest BCUT2D eigenvalue weighted by atomic mass is 19.1. The van der Waals surface area contributed by atoms with Gasteiger partial charge in [0.25, 0.3) is 0 Å². The lowest BCUT2D eigenvalue weighted by atomic mass is 9.86. The topological polar surface area (TPSA) is 58.4 Å². The van der Waals surface area contributed by atoms with E-state index in [1.807, 2.05) is 18.2 Å². The number of halogens is 1. The van der Waals surface area contributed by atoms with Crippen LogP contribution in [0.4, 0.5) is 10.1 Å². The van der Waals surface area contributed by atoms with E-state index in [1.54, 1.807) is 26.0 Å². The minimum absolute atomic E-state index is 0.207. The first kappa shape index (κ1) is 18.4. The van der Waals surface area contributed by atoms with Crippen LogP contribution in [0, 0.1) is 19.7 Å². The largest absolute Gasteiger partial charge is 0.371 e. The highest BCUT2D eigenvalue weighted by molar-refractivity contribution is 5.88. The van der Waals surface area contributed by atoms with Crippen molar-refractivity contribution in [2.45, 2.75) is 38.8 Å². The Hall–Kier alpha value is -2.40. The molecule has 2 aromatic rings. The molecule has 1 heterocycles. The molecule has 1 amide bonds. The molecule has 1 fully saturated rings. The number of nitrogens with two attached hydrogens (primary N) is 1. The van der Waals surface area contributed by atoms with Crippen LogP contribution in [0.15, 0.2) is 42.5 Å². The molecule has 3 rings (SSSR count). The number of hydrogen-bond acceptors (Lipinski definition) is 3. The van der Waals surface area contributed by atoms with Gasteiger partial charge in [0.1, 0.15) is 11.4 Å². The summed E-state index contributed by atoms with van der Waals surface area (Å²) in [5.41, 5.74) is 8.11. The fourth-order valence-corrected chi connectivity index (χ4v) is 3.66. The highest BCUT2D eigenvalue weighted by Gasteiger charge is 2.40. The lowest BCUT2D eigenvalue weighted by molar-refractivity contribution is -0.123. The molecule has 138 valence electrons. The Morgan fingerprint density at radius 3 is 2.27 bits per heavy atom. The van der Waals surface area contributed by atoms with Crippen LogP contribution >= 0.6 is 0 Å². The SMILES string of the molecule is Cc1cc(NC2(C(N)=O)CCN(Cc3ccccc3)CC2)cc(C)c1F. The Morgan fingerprint density at radius 2 is 1.73 bits per heavy atom. The summed E-state index contributed by atoms with van der Waals surface area (Å²) in [6, 6.07) is 13.8. The molecule has 0 spiro atoms. The minimum atomic E-state index is -0.788. The van der Waals surface area contributed by atoms with Crippen LogP contribution < -0.4 is 11.1 Å². The molecular weight excluding hydrogens is 329 g/mol. The number of rotatable bonds is 5. The summed E-state index contributed by atoms with van der Waals surface area (Å²) in [7, 11) is 0. The second kappa shape index (κ2) is 7.46. The van der Waals surface area contributed by atoms with Gasteiger partial charge in [-0.15, -0.1) is 0 Å². The maximum Gasteiger partial charge on any atom is 0.243 e. The molecule has 0 bridgehead atoms. The zero-order valence-electron chi connectivity index (χ0n) is 15.4. The van der Waals surface area contributed by atoms with Gasteiger partial charge >= 0.3 is 0 Å². The number of benzene rings is 2. The number of nitrogens with zero attached hydrogens (tertiary/aromatic N) is 1. The van der Waals surface area contributed by atoms with Crippen molar-refractivity contribution < 1.29 is 9.18 Å². The number of carbonyl (C=O) groups is 1. The molecular formula is C21H26FN3O. The predicted octanol–water partition coefficient (Wildman–Crippen LogP) is 3.37. The standard InChI is InChI=1S/C21H26FN3O/c1-15-12-18(13-16(2)19(15)22)24-21(20(23)26)8-10-25(11-9-21)14-17-6-4-3-5-7-17/h3-7,12-13,24H,8-11,14H2,1-2H3,(H2,23,26). The Bertz CT molecular complexity index is 760. The van der Waals surface area contributed by atoms with Crippen LogP contribution in [0.3, 0.4) is 0 Å². The van der Waals surface area contributed by atoms with Gasteiger partial charge in [0, 0.05) is 25.3 Å². The molecule has 1 aliphatic rings. The van der Waals surface area contributed by atoms with Gasteiger partial charge in [0.2, 0.25) is 5.91 Å². The number of hydrogen-bond donors (Lipinski definition) is 2. The van der Waals surface area contributed by atoms with Crippen LogP contribution in [0.2, 0.25) is 0 Å². The number of aryl methyl sites for hydroxylation is 2. The first-order valence-electron chi connectivity index (χ1n) is 9.01. The van der Waals surface area contributed by atoms with E-state index in [0.717, 1.165) is 25.3 Å². The zero-order chi connectivity index (χ0) is 18.7. The smallest absolute Gasteiger partial charge is 0.243 e. The third kappa shape index (κ3) is 3.88. The second-order valence-electron chi connectivity index (χ2n) is 7.26. The molecule has 1 aliphatic heterocycles. The molecule has 1 saturated heterocycles. The third-order valence-electron chi connectivity index (χ3n) is 5.25. The van der Waals surface area contributed by atoms with Crippen LogP contribution in [0.1, 0.15) is 29.5 Å². The van der Waals surface area contributed by atoms with E-state index in [-0.39, 0.29) is 11.7 Å². The van der Waals surface area contributed by atoms with Gasteiger partial charge < -0.3 is 11.1 Å². The van der Waals surface area contributed by atoms with Gasteiger partial charge in [0.15, 0.2) is 0 Å². The number of nitrogens with one attached hydrogen (secondary N) is 1. The van der Waals surface area contributed by atoms with Crippen molar-refractivity contribution in [3.63, 3.8) is 0 Å². The quantitative estimate of drug-likeness (QED) is 0.864. The third-order valence-corrected chi connectivity index (χ3v) is 5.25. The van der Waals surface area contributed by atoms with E-state index in [1.165, 1.54) is 5.56 Å². The summed E-state index contributed by atoms with van der Waals surface area (Å²) in [4.78, 5) is 14.6. The molecule has 0 saturated carbocycles. The molecule has 0 aliphatic carbocycles. The van der Waals surface area contributed by atoms with E-state index in [4.69, 9.17) is 5.73 Å². The number of anilines is 1. The number of piperidine rings is 1. The van der Waals surface area contributed by atoms with Crippen molar-refractivity contribution >= 4 is 11.6 Å². The Balaban J connectivity index is 1.71. The average molecular weight is 355 g/mol. The minimum Gasteiger partial charge on any atom is -0.371 e. The zero-order valence-corrected chi connectivity index (χ0v) is 15.4. The van der Waals surface area contributed by atoms with Gasteiger partial charge in [-0.05, 0) is 55.5 Å². The lowest BCUT2D eigenvalue weighted by Gasteiger charge is -2.41. The van der Waals surface area contributed by atoms with Crippen molar-refractivity contribution in [1.82, 2.24) is 4.90 Å². The molecule has 2 aromatic carbocycles. The molecule has 5 heteroatoms. The number of amides is 1. The van der Waals surface area contributed by atoms with Gasteiger partial charge in [-0.25, -0.2) is 4.39 Å². The fourth-order valence-electron chi connectivity index (χ4n) is 3.66. The van der Waals surface area contributed by atoms with Crippen molar-refractivity contribution in [2.24, 2.45) is 5.73 Å². The Morgan fingerprint density at radius 1 is 1.15 bits per heavy atom. The predicted molar refractivity (Wildman–Crippen MR) is 102 cm³/mol.